The highest BCUT2D eigenvalue weighted by molar-refractivity contribution is 7.88. The van der Waals surface area contributed by atoms with Crippen molar-refractivity contribution in [3.63, 3.8) is 0 Å². The summed E-state index contributed by atoms with van der Waals surface area (Å²) in [6.07, 6.45) is 4.32. The summed E-state index contributed by atoms with van der Waals surface area (Å²) in [7, 11) is -1.41. The molecule has 0 aromatic carbocycles. The minimum atomic E-state index is -3.14. The van der Waals surface area contributed by atoms with Gasteiger partial charge in [-0.1, -0.05) is 11.6 Å². The van der Waals surface area contributed by atoms with Crippen molar-refractivity contribution in [2.75, 3.05) is 24.7 Å². The molecule has 1 aliphatic heterocycles. The molecular formula is C15H20Cl2N6O2S. The third kappa shape index (κ3) is 3.95. The Balaban J connectivity index is 1.78. The zero-order chi connectivity index (χ0) is 19.1. The van der Waals surface area contributed by atoms with Crippen LogP contribution >= 0.6 is 23.2 Å². The summed E-state index contributed by atoms with van der Waals surface area (Å²) >= 11 is 12.3. The summed E-state index contributed by atoms with van der Waals surface area (Å²) in [6.45, 7) is 2.84. The zero-order valence-corrected chi connectivity index (χ0v) is 17.0. The van der Waals surface area contributed by atoms with E-state index in [1.54, 1.807) is 17.8 Å². The molecule has 26 heavy (non-hydrogen) atoms. The Labute approximate surface area is 162 Å². The molecule has 0 bridgehead atoms. The van der Waals surface area contributed by atoms with Crippen LogP contribution in [0, 0.1) is 6.92 Å². The lowest BCUT2D eigenvalue weighted by Crippen LogP contribution is -2.42. The molecule has 2 aromatic rings. The number of nitrogens with zero attached hydrogens (tertiary/aromatic N) is 5. The molecule has 1 aliphatic rings. The van der Waals surface area contributed by atoms with Crippen LogP contribution in [0.5, 0.6) is 0 Å². The van der Waals surface area contributed by atoms with E-state index in [4.69, 9.17) is 23.2 Å². The van der Waals surface area contributed by atoms with E-state index in [1.807, 2.05) is 6.92 Å². The van der Waals surface area contributed by atoms with Gasteiger partial charge in [0.05, 0.1) is 6.26 Å². The highest BCUT2D eigenvalue weighted by Crippen LogP contribution is 2.30. The van der Waals surface area contributed by atoms with E-state index < -0.39 is 10.0 Å². The molecule has 1 N–H and O–H groups in total. The van der Waals surface area contributed by atoms with Crippen molar-refractivity contribution in [3.8, 4) is 11.4 Å². The SMILES string of the molecule is Cc1cnc(NC2CCN(S(C)(=O)=O)CC2)nc1-c1nc(Cl)n(C)c1Cl. The number of nitrogens with one attached hydrogen (secondary N) is 1. The van der Waals surface area contributed by atoms with Crippen LogP contribution in [-0.2, 0) is 17.1 Å². The van der Waals surface area contributed by atoms with Gasteiger partial charge in [-0.25, -0.2) is 27.7 Å². The van der Waals surface area contributed by atoms with Crippen molar-refractivity contribution in [1.82, 2.24) is 23.8 Å². The molecule has 3 heterocycles. The molecule has 1 saturated heterocycles. The maximum atomic E-state index is 11.6. The van der Waals surface area contributed by atoms with Crippen molar-refractivity contribution in [3.05, 3.63) is 22.2 Å². The Kier molecular flexibility index (Phi) is 5.43. The average molecular weight is 419 g/mol. The smallest absolute Gasteiger partial charge is 0.223 e. The van der Waals surface area contributed by atoms with Gasteiger partial charge in [0.1, 0.15) is 16.5 Å². The average Bonchev–Trinajstić information content (AvgIpc) is 2.84. The molecule has 0 radical (unpaired) electrons. The first-order chi connectivity index (χ1) is 12.2. The van der Waals surface area contributed by atoms with E-state index in [0.29, 0.717) is 48.4 Å². The van der Waals surface area contributed by atoms with Crippen LogP contribution < -0.4 is 5.32 Å². The monoisotopic (exact) mass is 418 g/mol. The second-order valence-electron chi connectivity index (χ2n) is 6.39. The fraction of sp³-hybridized carbons (Fsp3) is 0.533. The number of hydrogen-bond donors (Lipinski definition) is 1. The molecular weight excluding hydrogens is 399 g/mol. The van der Waals surface area contributed by atoms with E-state index in [-0.39, 0.29) is 11.3 Å². The summed E-state index contributed by atoms with van der Waals surface area (Å²) in [5.41, 5.74) is 1.96. The Morgan fingerprint density at radius 3 is 2.38 bits per heavy atom. The number of piperidine rings is 1. The van der Waals surface area contributed by atoms with Gasteiger partial charge >= 0.3 is 0 Å². The second-order valence-corrected chi connectivity index (χ2v) is 9.06. The lowest BCUT2D eigenvalue weighted by molar-refractivity contribution is 0.331. The topological polar surface area (TPSA) is 93.0 Å². The number of rotatable bonds is 4. The Bertz CT molecular complexity index is 922. The number of hydrogen-bond acceptors (Lipinski definition) is 6. The van der Waals surface area contributed by atoms with Crippen molar-refractivity contribution < 1.29 is 8.42 Å². The molecule has 0 unspecified atom stereocenters. The van der Waals surface area contributed by atoms with Gasteiger partial charge in [0.15, 0.2) is 0 Å². The zero-order valence-electron chi connectivity index (χ0n) is 14.7. The molecule has 0 atom stereocenters. The van der Waals surface area contributed by atoms with E-state index in [0.717, 1.165) is 5.56 Å². The molecule has 0 aliphatic carbocycles. The summed E-state index contributed by atoms with van der Waals surface area (Å²) in [5.74, 6) is 0.459. The Hall–Kier alpha value is -1.42. The van der Waals surface area contributed by atoms with Gasteiger partial charge in [-0.3, -0.25) is 0 Å². The normalized spacial score (nSPS) is 16.8. The van der Waals surface area contributed by atoms with Gasteiger partial charge in [0.2, 0.25) is 21.3 Å². The second kappa shape index (κ2) is 7.30. The van der Waals surface area contributed by atoms with Crippen LogP contribution in [0.3, 0.4) is 0 Å². The van der Waals surface area contributed by atoms with E-state index in [9.17, 15) is 8.42 Å². The first-order valence-corrected chi connectivity index (χ1v) is 10.7. The van der Waals surface area contributed by atoms with Gasteiger partial charge in [-0.15, -0.1) is 0 Å². The largest absolute Gasteiger partial charge is 0.351 e. The van der Waals surface area contributed by atoms with Crippen molar-refractivity contribution in [1.29, 1.82) is 0 Å². The summed E-state index contributed by atoms with van der Waals surface area (Å²) in [5, 5.41) is 3.97. The molecule has 8 nitrogen and oxygen atoms in total. The van der Waals surface area contributed by atoms with Crippen molar-refractivity contribution in [2.45, 2.75) is 25.8 Å². The highest BCUT2D eigenvalue weighted by Gasteiger charge is 2.25. The van der Waals surface area contributed by atoms with Crippen LogP contribution in [0.2, 0.25) is 10.4 Å². The molecule has 0 spiro atoms. The van der Waals surface area contributed by atoms with E-state index in [1.165, 1.54) is 10.6 Å². The van der Waals surface area contributed by atoms with E-state index in [2.05, 4.69) is 20.3 Å². The van der Waals surface area contributed by atoms with Crippen LogP contribution in [0.15, 0.2) is 6.20 Å². The van der Waals surface area contributed by atoms with Gasteiger partial charge in [-0.05, 0) is 36.9 Å². The van der Waals surface area contributed by atoms with Crippen molar-refractivity contribution >= 4 is 39.2 Å². The van der Waals surface area contributed by atoms with Gasteiger partial charge in [0, 0.05) is 32.4 Å². The maximum Gasteiger partial charge on any atom is 0.223 e. The summed E-state index contributed by atoms with van der Waals surface area (Å²) in [4.78, 5) is 13.1. The Morgan fingerprint density at radius 1 is 1.19 bits per heavy atom. The molecule has 142 valence electrons. The van der Waals surface area contributed by atoms with Gasteiger partial charge < -0.3 is 9.88 Å². The fourth-order valence-corrected chi connectivity index (χ4v) is 4.17. The molecule has 0 amide bonds. The standard InChI is InChI=1S/C15H20Cl2N6O2S/c1-9-8-18-15(19-10-4-6-23(7-5-10)26(3,24)25)21-11(9)12-13(16)22(2)14(17)20-12/h8,10H,4-7H2,1-3H3,(H,18,19,21). The van der Waals surface area contributed by atoms with Gasteiger partial charge in [-0.2, -0.15) is 0 Å². The third-order valence-electron chi connectivity index (χ3n) is 4.42. The number of aryl methyl sites for hydroxylation is 1. The lowest BCUT2D eigenvalue weighted by Gasteiger charge is -2.30. The lowest BCUT2D eigenvalue weighted by atomic mass is 10.1. The minimum Gasteiger partial charge on any atom is -0.351 e. The van der Waals surface area contributed by atoms with Crippen molar-refractivity contribution in [2.24, 2.45) is 7.05 Å². The molecule has 0 saturated carbocycles. The molecule has 1 fully saturated rings. The first kappa shape index (κ1) is 19.3. The molecule has 3 rings (SSSR count). The Morgan fingerprint density at radius 2 is 1.85 bits per heavy atom. The van der Waals surface area contributed by atoms with Gasteiger partial charge in [0.25, 0.3) is 0 Å². The predicted molar refractivity (Wildman–Crippen MR) is 102 cm³/mol. The van der Waals surface area contributed by atoms with Crippen LogP contribution in [0.4, 0.5) is 5.95 Å². The predicted octanol–water partition coefficient (Wildman–Crippen LogP) is 2.33. The number of halogens is 2. The summed E-state index contributed by atoms with van der Waals surface area (Å²) < 4.78 is 26.3. The quantitative estimate of drug-likeness (QED) is 0.818. The number of anilines is 1. The van der Waals surface area contributed by atoms with Crippen LogP contribution in [-0.4, -0.2) is 57.6 Å². The minimum absolute atomic E-state index is 0.103. The molecule has 2 aromatic heterocycles. The molecule has 11 heteroatoms. The van der Waals surface area contributed by atoms with E-state index >= 15 is 0 Å². The first-order valence-electron chi connectivity index (χ1n) is 8.10. The fourth-order valence-electron chi connectivity index (χ4n) is 2.87. The maximum absolute atomic E-state index is 11.6. The number of aromatic nitrogens is 4. The number of imidazole rings is 1. The van der Waals surface area contributed by atoms with Crippen LogP contribution in [0.25, 0.3) is 11.4 Å². The number of sulfonamides is 1. The highest BCUT2D eigenvalue weighted by atomic mass is 35.5. The van der Waals surface area contributed by atoms with Crippen LogP contribution in [0.1, 0.15) is 18.4 Å². The summed E-state index contributed by atoms with van der Waals surface area (Å²) in [6, 6.07) is 0.103. The third-order valence-corrected chi connectivity index (χ3v) is 6.50.